The summed E-state index contributed by atoms with van der Waals surface area (Å²) in [4.78, 5) is 33.5. The first-order chi connectivity index (χ1) is 13.6. The number of amides is 2. The highest BCUT2D eigenvalue weighted by molar-refractivity contribution is 5.97. The normalized spacial score (nSPS) is 19.7. The number of ether oxygens (including phenoxy) is 1. The molecule has 0 aliphatic carbocycles. The van der Waals surface area contributed by atoms with E-state index in [-0.39, 0.29) is 17.9 Å². The lowest BCUT2D eigenvalue weighted by Crippen LogP contribution is -2.40. The molecule has 2 amide bonds. The Hall–Kier alpha value is -2.77. The average molecular weight is 380 g/mol. The predicted molar refractivity (Wildman–Crippen MR) is 105 cm³/mol. The lowest BCUT2D eigenvalue weighted by Gasteiger charge is -2.26. The van der Waals surface area contributed by atoms with Crippen LogP contribution >= 0.6 is 0 Å². The summed E-state index contributed by atoms with van der Waals surface area (Å²) in [5.74, 6) is -0.0411. The fraction of sp³-hybridized carbons (Fsp3) is 0.381. The molecule has 3 heterocycles. The number of rotatable bonds is 3. The number of nitrogens with two attached hydrogens (primary N) is 1. The van der Waals surface area contributed by atoms with Crippen molar-refractivity contribution in [2.75, 3.05) is 39.4 Å². The van der Waals surface area contributed by atoms with Gasteiger partial charge in [0.2, 0.25) is 0 Å². The molecule has 2 saturated heterocycles. The number of pyridine rings is 1. The van der Waals surface area contributed by atoms with Gasteiger partial charge in [-0.05, 0) is 30.7 Å². The zero-order valence-electron chi connectivity index (χ0n) is 15.7. The van der Waals surface area contributed by atoms with Gasteiger partial charge in [-0.15, -0.1) is 0 Å². The molecule has 4 rings (SSSR count). The maximum Gasteiger partial charge on any atom is 0.254 e. The van der Waals surface area contributed by atoms with Crippen molar-refractivity contribution >= 4 is 11.8 Å². The van der Waals surface area contributed by atoms with Crippen LogP contribution in [-0.4, -0.2) is 72.0 Å². The Kier molecular flexibility index (Phi) is 5.36. The number of hydrogen-bond donors (Lipinski definition) is 1. The molecule has 2 aliphatic heterocycles. The molecule has 2 N–H and O–H groups in total. The quantitative estimate of drug-likeness (QED) is 0.869. The molecule has 0 radical (unpaired) electrons. The lowest BCUT2D eigenvalue weighted by molar-refractivity contribution is 0.0303. The van der Waals surface area contributed by atoms with Gasteiger partial charge >= 0.3 is 0 Å². The van der Waals surface area contributed by atoms with Crippen LogP contribution in [0.1, 0.15) is 27.1 Å². The molecule has 0 unspecified atom stereocenters. The topological polar surface area (TPSA) is 88.8 Å². The zero-order valence-corrected chi connectivity index (χ0v) is 15.7. The van der Waals surface area contributed by atoms with Crippen LogP contribution in [0.2, 0.25) is 0 Å². The number of morpholine rings is 1. The first-order valence-corrected chi connectivity index (χ1v) is 9.60. The third kappa shape index (κ3) is 3.90. The molecule has 2 aromatic rings. The van der Waals surface area contributed by atoms with Crippen molar-refractivity contribution < 1.29 is 14.3 Å². The summed E-state index contributed by atoms with van der Waals surface area (Å²) >= 11 is 0. The summed E-state index contributed by atoms with van der Waals surface area (Å²) in [5.41, 5.74) is 8.61. The van der Waals surface area contributed by atoms with Crippen LogP contribution in [0.5, 0.6) is 0 Å². The van der Waals surface area contributed by atoms with Crippen molar-refractivity contribution in [1.82, 2.24) is 14.8 Å². The fourth-order valence-electron chi connectivity index (χ4n) is 3.64. The molecule has 0 bridgehead atoms. The molecule has 1 aromatic heterocycles. The SMILES string of the molecule is N[C@H]1CCN(C(=O)c2cccc(-c3cc(C(=O)N4CCOCC4)ccn3)c2)C1. The molecule has 2 aliphatic rings. The van der Waals surface area contributed by atoms with Crippen LogP contribution in [0.4, 0.5) is 0 Å². The van der Waals surface area contributed by atoms with Crippen molar-refractivity contribution in [2.45, 2.75) is 12.5 Å². The van der Waals surface area contributed by atoms with Crippen LogP contribution in [0.3, 0.4) is 0 Å². The van der Waals surface area contributed by atoms with Crippen LogP contribution in [0.15, 0.2) is 42.6 Å². The highest BCUT2D eigenvalue weighted by atomic mass is 16.5. The summed E-state index contributed by atoms with van der Waals surface area (Å²) in [6, 6.07) is 10.9. The van der Waals surface area contributed by atoms with Crippen LogP contribution < -0.4 is 5.73 Å². The van der Waals surface area contributed by atoms with Gasteiger partial charge in [0.15, 0.2) is 0 Å². The van der Waals surface area contributed by atoms with Gasteiger partial charge in [0.05, 0.1) is 18.9 Å². The molecular formula is C21H24N4O3. The minimum atomic E-state index is -0.0229. The van der Waals surface area contributed by atoms with E-state index in [4.69, 9.17) is 10.5 Å². The number of aromatic nitrogens is 1. The molecule has 1 aromatic carbocycles. The zero-order chi connectivity index (χ0) is 19.5. The van der Waals surface area contributed by atoms with Gasteiger partial charge < -0.3 is 20.3 Å². The van der Waals surface area contributed by atoms with E-state index in [9.17, 15) is 9.59 Å². The Labute approximate surface area is 164 Å². The molecule has 7 heteroatoms. The van der Waals surface area contributed by atoms with Crippen molar-refractivity contribution in [3.8, 4) is 11.3 Å². The molecule has 28 heavy (non-hydrogen) atoms. The monoisotopic (exact) mass is 380 g/mol. The number of likely N-dealkylation sites (tertiary alicyclic amines) is 1. The van der Waals surface area contributed by atoms with Crippen LogP contribution in [0, 0.1) is 0 Å². The molecule has 146 valence electrons. The van der Waals surface area contributed by atoms with Crippen molar-refractivity contribution in [3.05, 3.63) is 53.7 Å². The largest absolute Gasteiger partial charge is 0.378 e. The molecule has 2 fully saturated rings. The van der Waals surface area contributed by atoms with Crippen LogP contribution in [-0.2, 0) is 4.74 Å². The summed E-state index contributed by atoms with van der Waals surface area (Å²) in [7, 11) is 0. The van der Waals surface area contributed by atoms with E-state index >= 15 is 0 Å². The fourth-order valence-corrected chi connectivity index (χ4v) is 3.64. The van der Waals surface area contributed by atoms with Gasteiger partial charge in [-0.2, -0.15) is 0 Å². The number of hydrogen-bond acceptors (Lipinski definition) is 5. The van der Waals surface area contributed by atoms with Gasteiger partial charge in [0.1, 0.15) is 0 Å². The Morgan fingerprint density at radius 1 is 1.00 bits per heavy atom. The van der Waals surface area contributed by atoms with Crippen molar-refractivity contribution in [2.24, 2.45) is 5.73 Å². The molecular weight excluding hydrogens is 356 g/mol. The molecule has 0 saturated carbocycles. The lowest BCUT2D eigenvalue weighted by atomic mass is 10.0. The molecule has 0 spiro atoms. The number of benzene rings is 1. The Morgan fingerprint density at radius 2 is 1.75 bits per heavy atom. The standard InChI is InChI=1S/C21H24N4O3/c22-18-5-7-25(14-18)21(27)16-3-1-2-15(12-16)19-13-17(4-6-23-19)20(26)24-8-10-28-11-9-24/h1-4,6,12-13,18H,5,7-11,14,22H2/t18-/m0/s1. The van der Waals surface area contributed by atoms with E-state index in [2.05, 4.69) is 4.98 Å². The third-order valence-electron chi connectivity index (χ3n) is 5.22. The minimum absolute atomic E-state index is 0.0182. The Bertz CT molecular complexity index is 821. The third-order valence-corrected chi connectivity index (χ3v) is 5.22. The Morgan fingerprint density at radius 3 is 2.50 bits per heavy atom. The predicted octanol–water partition coefficient (Wildman–Crippen LogP) is 1.39. The summed E-state index contributed by atoms with van der Waals surface area (Å²) in [5, 5.41) is 0. The average Bonchev–Trinajstić information content (AvgIpc) is 3.20. The smallest absolute Gasteiger partial charge is 0.254 e. The number of carbonyl (C=O) groups excluding carboxylic acids is 2. The van der Waals surface area contributed by atoms with Gasteiger partial charge in [-0.3, -0.25) is 14.6 Å². The summed E-state index contributed by atoms with van der Waals surface area (Å²) in [6.07, 6.45) is 2.47. The first-order valence-electron chi connectivity index (χ1n) is 9.60. The van der Waals surface area contributed by atoms with Gasteiger partial charge in [0, 0.05) is 55.1 Å². The first kappa shape index (κ1) is 18.6. The number of carbonyl (C=O) groups is 2. The molecule has 7 nitrogen and oxygen atoms in total. The maximum atomic E-state index is 12.7. The molecule has 1 atom stereocenters. The summed E-state index contributed by atoms with van der Waals surface area (Å²) in [6.45, 7) is 3.59. The summed E-state index contributed by atoms with van der Waals surface area (Å²) < 4.78 is 5.31. The number of nitrogens with zero attached hydrogens (tertiary/aromatic N) is 3. The highest BCUT2D eigenvalue weighted by Crippen LogP contribution is 2.22. The van der Waals surface area contributed by atoms with Crippen molar-refractivity contribution in [3.63, 3.8) is 0 Å². The minimum Gasteiger partial charge on any atom is -0.378 e. The van der Waals surface area contributed by atoms with Gasteiger partial charge in [-0.1, -0.05) is 12.1 Å². The highest BCUT2D eigenvalue weighted by Gasteiger charge is 2.25. The van der Waals surface area contributed by atoms with E-state index in [0.717, 1.165) is 12.0 Å². The van der Waals surface area contributed by atoms with E-state index in [0.29, 0.717) is 56.2 Å². The van der Waals surface area contributed by atoms with Gasteiger partial charge in [0.25, 0.3) is 11.8 Å². The van der Waals surface area contributed by atoms with Crippen LogP contribution in [0.25, 0.3) is 11.3 Å². The Balaban J connectivity index is 1.56. The maximum absolute atomic E-state index is 12.7. The second-order valence-electron chi connectivity index (χ2n) is 7.22. The van der Waals surface area contributed by atoms with Crippen molar-refractivity contribution in [1.29, 1.82) is 0 Å². The van der Waals surface area contributed by atoms with E-state index < -0.39 is 0 Å². The van der Waals surface area contributed by atoms with E-state index in [1.165, 1.54) is 0 Å². The second-order valence-corrected chi connectivity index (χ2v) is 7.22. The second kappa shape index (κ2) is 8.08. The van der Waals surface area contributed by atoms with E-state index in [1.54, 1.807) is 34.2 Å². The van der Waals surface area contributed by atoms with E-state index in [1.807, 2.05) is 18.2 Å². The van der Waals surface area contributed by atoms with Gasteiger partial charge in [-0.25, -0.2) is 0 Å².